The van der Waals surface area contributed by atoms with Gasteiger partial charge in [0.15, 0.2) is 11.5 Å². The number of hydrogen-bond acceptors (Lipinski definition) is 7. The molecule has 1 heterocycles. The lowest BCUT2D eigenvalue weighted by Gasteiger charge is -2.31. The van der Waals surface area contributed by atoms with E-state index in [0.29, 0.717) is 22.9 Å². The maximum Gasteiger partial charge on any atom is 0.271 e. The number of hydrogen-bond donors (Lipinski definition) is 2. The molecule has 1 saturated carbocycles. The Hall–Kier alpha value is -3.49. The Balaban J connectivity index is 1.43. The number of carbonyl (C=O) groups excluding carboxylic acids is 1. The topological polar surface area (TPSA) is 112 Å². The van der Waals surface area contributed by atoms with E-state index in [1.807, 2.05) is 18.2 Å². The number of nitro benzene ring substituents is 1. The van der Waals surface area contributed by atoms with Crippen LogP contribution in [0, 0.1) is 10.1 Å². The van der Waals surface area contributed by atoms with Gasteiger partial charge < -0.3 is 24.8 Å². The van der Waals surface area contributed by atoms with Gasteiger partial charge in [0.1, 0.15) is 11.8 Å². The number of non-ortho nitro benzene ring substituents is 1. The smallest absolute Gasteiger partial charge is 0.271 e. The lowest BCUT2D eigenvalue weighted by molar-refractivity contribution is -0.384. The number of carbonyl (C=O) groups is 1. The monoisotopic (exact) mass is 427 g/mol. The van der Waals surface area contributed by atoms with E-state index in [1.165, 1.54) is 31.7 Å². The second-order valence-electron chi connectivity index (χ2n) is 7.83. The number of nitro groups is 1. The standard InChI is InChI=1S/C22H25N3O6/c1-14(21(26)24-17-13-16(25(27)28)7-9-18(17)29-2)23-15-6-8-19-20(12-15)31-22(30-19)10-4-3-5-11-22/h6-9,12-14,23H,3-5,10-11H2,1-2H3,(H,24,26). The highest BCUT2D eigenvalue weighted by Gasteiger charge is 2.42. The fourth-order valence-corrected chi connectivity index (χ4v) is 3.94. The minimum Gasteiger partial charge on any atom is -0.495 e. The summed E-state index contributed by atoms with van der Waals surface area (Å²) in [5, 5.41) is 16.9. The molecule has 0 bridgehead atoms. The normalized spacial score (nSPS) is 17.1. The minimum absolute atomic E-state index is 0.135. The first kappa shape index (κ1) is 20.8. The number of rotatable bonds is 6. The molecule has 1 fully saturated rings. The fourth-order valence-electron chi connectivity index (χ4n) is 3.94. The highest BCUT2D eigenvalue weighted by Crippen LogP contribution is 2.46. The predicted molar refractivity (Wildman–Crippen MR) is 115 cm³/mol. The largest absolute Gasteiger partial charge is 0.495 e. The summed E-state index contributed by atoms with van der Waals surface area (Å²) in [4.78, 5) is 23.2. The molecular formula is C22H25N3O6. The number of methoxy groups -OCH3 is 1. The van der Waals surface area contributed by atoms with Gasteiger partial charge in [0.25, 0.3) is 11.5 Å². The van der Waals surface area contributed by atoms with Gasteiger partial charge >= 0.3 is 0 Å². The van der Waals surface area contributed by atoms with Crippen molar-refractivity contribution in [3.05, 3.63) is 46.5 Å². The molecule has 2 N–H and O–H groups in total. The zero-order chi connectivity index (χ0) is 22.0. The summed E-state index contributed by atoms with van der Waals surface area (Å²) in [6.45, 7) is 1.70. The van der Waals surface area contributed by atoms with Crippen molar-refractivity contribution in [1.82, 2.24) is 0 Å². The molecule has 2 aliphatic rings. The number of ether oxygens (including phenoxy) is 3. The van der Waals surface area contributed by atoms with Gasteiger partial charge in [-0.05, 0) is 38.0 Å². The van der Waals surface area contributed by atoms with Crippen LogP contribution >= 0.6 is 0 Å². The highest BCUT2D eigenvalue weighted by molar-refractivity contribution is 5.97. The summed E-state index contributed by atoms with van der Waals surface area (Å²) < 4.78 is 17.4. The van der Waals surface area contributed by atoms with Crippen LogP contribution in [0.15, 0.2) is 36.4 Å². The zero-order valence-corrected chi connectivity index (χ0v) is 17.5. The van der Waals surface area contributed by atoms with Gasteiger partial charge in [-0.15, -0.1) is 0 Å². The quantitative estimate of drug-likeness (QED) is 0.516. The van der Waals surface area contributed by atoms with Crippen LogP contribution in [0.1, 0.15) is 39.0 Å². The van der Waals surface area contributed by atoms with Gasteiger partial charge in [-0.25, -0.2) is 0 Å². The van der Waals surface area contributed by atoms with Crippen molar-refractivity contribution < 1.29 is 23.9 Å². The van der Waals surface area contributed by atoms with Crippen molar-refractivity contribution >= 4 is 23.0 Å². The molecule has 4 rings (SSSR count). The lowest BCUT2D eigenvalue weighted by atomic mass is 9.94. The van der Waals surface area contributed by atoms with Crippen LogP contribution < -0.4 is 24.8 Å². The number of nitrogens with zero attached hydrogens (tertiary/aromatic N) is 1. The van der Waals surface area contributed by atoms with Crippen molar-refractivity contribution in [2.24, 2.45) is 0 Å². The molecule has 1 spiro atoms. The molecule has 1 aliphatic heterocycles. The van der Waals surface area contributed by atoms with Crippen LogP contribution in [0.5, 0.6) is 17.2 Å². The average Bonchev–Trinajstić information content (AvgIpc) is 3.10. The molecule has 0 radical (unpaired) electrons. The molecule has 1 aliphatic carbocycles. The predicted octanol–water partition coefficient (Wildman–Crippen LogP) is 4.47. The third-order valence-electron chi connectivity index (χ3n) is 5.58. The van der Waals surface area contributed by atoms with E-state index >= 15 is 0 Å². The van der Waals surface area contributed by atoms with Gasteiger partial charge in [-0.2, -0.15) is 0 Å². The molecule has 9 nitrogen and oxygen atoms in total. The molecule has 31 heavy (non-hydrogen) atoms. The maximum atomic E-state index is 12.7. The Morgan fingerprint density at radius 1 is 1.13 bits per heavy atom. The second kappa shape index (κ2) is 8.33. The SMILES string of the molecule is COc1ccc([N+](=O)[O-])cc1NC(=O)C(C)Nc1ccc2c(c1)OC1(CCCCC1)O2. The number of nitrogens with one attached hydrogen (secondary N) is 2. The Bertz CT molecular complexity index is 1000. The summed E-state index contributed by atoms with van der Waals surface area (Å²) in [5.74, 6) is 0.804. The summed E-state index contributed by atoms with van der Waals surface area (Å²) in [7, 11) is 1.43. The third-order valence-corrected chi connectivity index (χ3v) is 5.58. The van der Waals surface area contributed by atoms with E-state index in [0.717, 1.165) is 25.7 Å². The molecular weight excluding hydrogens is 402 g/mol. The lowest BCUT2D eigenvalue weighted by Crippen LogP contribution is -2.40. The Morgan fingerprint density at radius 3 is 2.58 bits per heavy atom. The van der Waals surface area contributed by atoms with Gasteiger partial charge in [-0.1, -0.05) is 6.42 Å². The Labute approximate surface area is 179 Å². The first-order chi connectivity index (χ1) is 14.9. The molecule has 1 atom stereocenters. The average molecular weight is 427 g/mol. The third kappa shape index (κ3) is 4.35. The summed E-state index contributed by atoms with van der Waals surface area (Å²) in [5.41, 5.74) is 0.813. The minimum atomic E-state index is -0.618. The Kier molecular flexibility index (Phi) is 5.58. The van der Waals surface area contributed by atoms with Crippen LogP contribution in [0.4, 0.5) is 17.1 Å². The molecule has 164 valence electrons. The molecule has 0 aromatic heterocycles. The second-order valence-corrected chi connectivity index (χ2v) is 7.83. The highest BCUT2D eigenvalue weighted by atomic mass is 16.7. The number of anilines is 2. The van der Waals surface area contributed by atoms with E-state index in [-0.39, 0.29) is 17.3 Å². The van der Waals surface area contributed by atoms with Crippen molar-refractivity contribution in [3.63, 3.8) is 0 Å². The summed E-state index contributed by atoms with van der Waals surface area (Å²) >= 11 is 0. The molecule has 2 aromatic carbocycles. The van der Waals surface area contributed by atoms with Crippen LogP contribution in [-0.4, -0.2) is 29.8 Å². The van der Waals surface area contributed by atoms with Crippen LogP contribution in [0.3, 0.4) is 0 Å². The van der Waals surface area contributed by atoms with Crippen molar-refractivity contribution in [2.75, 3.05) is 17.7 Å². The summed E-state index contributed by atoms with van der Waals surface area (Å²) in [6.07, 6.45) is 5.09. The molecule has 2 aromatic rings. The van der Waals surface area contributed by atoms with E-state index in [9.17, 15) is 14.9 Å². The number of amides is 1. The number of fused-ring (bicyclic) bond motifs is 1. The first-order valence-electron chi connectivity index (χ1n) is 10.3. The van der Waals surface area contributed by atoms with Crippen molar-refractivity contribution in [3.8, 4) is 17.2 Å². The van der Waals surface area contributed by atoms with E-state index in [4.69, 9.17) is 14.2 Å². The van der Waals surface area contributed by atoms with E-state index in [1.54, 1.807) is 6.92 Å². The Morgan fingerprint density at radius 2 is 1.87 bits per heavy atom. The van der Waals surface area contributed by atoms with Gasteiger partial charge in [0, 0.05) is 36.7 Å². The van der Waals surface area contributed by atoms with Crippen molar-refractivity contribution in [2.45, 2.75) is 50.9 Å². The van der Waals surface area contributed by atoms with Gasteiger partial charge in [0.2, 0.25) is 5.91 Å². The van der Waals surface area contributed by atoms with Crippen molar-refractivity contribution in [1.29, 1.82) is 0 Å². The summed E-state index contributed by atoms with van der Waals surface area (Å²) in [6, 6.07) is 8.93. The molecule has 1 unspecified atom stereocenters. The molecule has 0 saturated heterocycles. The zero-order valence-electron chi connectivity index (χ0n) is 17.5. The van der Waals surface area contributed by atoms with Crippen LogP contribution in [0.2, 0.25) is 0 Å². The molecule has 1 amide bonds. The van der Waals surface area contributed by atoms with Gasteiger partial charge in [0.05, 0.1) is 17.7 Å². The molecule has 9 heteroatoms. The van der Waals surface area contributed by atoms with Gasteiger partial charge in [-0.3, -0.25) is 14.9 Å². The van der Waals surface area contributed by atoms with E-state index in [2.05, 4.69) is 10.6 Å². The van der Waals surface area contributed by atoms with E-state index < -0.39 is 16.8 Å². The van der Waals surface area contributed by atoms with Crippen LogP contribution in [0.25, 0.3) is 0 Å². The maximum absolute atomic E-state index is 12.7. The van der Waals surface area contributed by atoms with Crippen LogP contribution in [-0.2, 0) is 4.79 Å². The number of benzene rings is 2. The fraction of sp³-hybridized carbons (Fsp3) is 0.409. The first-order valence-corrected chi connectivity index (χ1v) is 10.3.